The molecule has 2 aromatic rings. The average Bonchev–Trinajstić information content (AvgIpc) is 3.17. The molecule has 0 unspecified atom stereocenters. The molecule has 1 fully saturated rings. The van der Waals surface area contributed by atoms with Crippen LogP contribution in [0.1, 0.15) is 24.5 Å². The largest absolute Gasteiger partial charge is 0.361 e. The van der Waals surface area contributed by atoms with Crippen molar-refractivity contribution in [1.82, 2.24) is 19.9 Å². The quantitative estimate of drug-likeness (QED) is 0.494. The number of aryl methyl sites for hydroxylation is 1. The highest BCUT2D eigenvalue weighted by Gasteiger charge is 2.27. The molecule has 3 rings (SSSR count). The van der Waals surface area contributed by atoms with Crippen molar-refractivity contribution >= 4 is 26.9 Å². The van der Waals surface area contributed by atoms with Gasteiger partial charge in [0.1, 0.15) is 0 Å². The fraction of sp³-hybridized carbons (Fsp3) is 0.526. The summed E-state index contributed by atoms with van der Waals surface area (Å²) < 4.78 is 25.2. The van der Waals surface area contributed by atoms with Gasteiger partial charge in [0.2, 0.25) is 10.0 Å². The van der Waals surface area contributed by atoms with Crippen molar-refractivity contribution in [3.63, 3.8) is 0 Å². The first-order valence-electron chi connectivity index (χ1n) is 9.56. The summed E-state index contributed by atoms with van der Waals surface area (Å²) >= 11 is 0. The van der Waals surface area contributed by atoms with Crippen LogP contribution in [0.2, 0.25) is 0 Å². The van der Waals surface area contributed by atoms with Crippen LogP contribution in [0.5, 0.6) is 0 Å². The van der Waals surface area contributed by atoms with Crippen LogP contribution in [0, 0.1) is 6.92 Å². The van der Waals surface area contributed by atoms with Gasteiger partial charge in [0, 0.05) is 43.3 Å². The maximum Gasteiger partial charge on any atom is 0.214 e. The third-order valence-electron chi connectivity index (χ3n) is 4.78. The summed E-state index contributed by atoms with van der Waals surface area (Å²) in [6, 6.07) is 6.45. The molecule has 0 spiro atoms. The van der Waals surface area contributed by atoms with Crippen molar-refractivity contribution in [3.05, 3.63) is 35.5 Å². The van der Waals surface area contributed by atoms with Crippen molar-refractivity contribution in [2.45, 2.75) is 26.7 Å². The van der Waals surface area contributed by atoms with E-state index >= 15 is 0 Å². The van der Waals surface area contributed by atoms with Crippen LogP contribution < -0.4 is 10.6 Å². The molecule has 27 heavy (non-hydrogen) atoms. The van der Waals surface area contributed by atoms with E-state index < -0.39 is 10.0 Å². The summed E-state index contributed by atoms with van der Waals surface area (Å²) in [7, 11) is -3.05. The smallest absolute Gasteiger partial charge is 0.214 e. The van der Waals surface area contributed by atoms with Gasteiger partial charge in [-0.3, -0.25) is 4.99 Å². The molecule has 1 aliphatic heterocycles. The Labute approximate surface area is 161 Å². The number of aromatic amines is 1. The first-order valence-corrected chi connectivity index (χ1v) is 11.2. The Morgan fingerprint density at radius 1 is 1.33 bits per heavy atom. The number of benzene rings is 1. The molecule has 2 heterocycles. The van der Waals surface area contributed by atoms with E-state index in [4.69, 9.17) is 0 Å². The summed E-state index contributed by atoms with van der Waals surface area (Å²) in [6.45, 7) is 7.15. The zero-order chi connectivity index (χ0) is 19.3. The lowest BCUT2D eigenvalue weighted by molar-refractivity contribution is 0.452. The first kappa shape index (κ1) is 19.7. The molecule has 0 radical (unpaired) electrons. The predicted octanol–water partition coefficient (Wildman–Crippen LogP) is 1.61. The normalized spacial score (nSPS) is 17.5. The number of nitrogens with one attached hydrogen (secondary N) is 3. The van der Waals surface area contributed by atoms with Crippen molar-refractivity contribution in [1.29, 1.82) is 0 Å². The minimum Gasteiger partial charge on any atom is -0.361 e. The maximum atomic E-state index is 11.8. The van der Waals surface area contributed by atoms with Crippen LogP contribution in [0.15, 0.2) is 29.4 Å². The van der Waals surface area contributed by atoms with E-state index in [2.05, 4.69) is 51.9 Å². The molecule has 3 N–H and O–H groups in total. The zero-order valence-electron chi connectivity index (χ0n) is 16.1. The number of rotatable bonds is 7. The summed E-state index contributed by atoms with van der Waals surface area (Å²) in [5, 5.41) is 7.81. The minimum atomic E-state index is -3.05. The van der Waals surface area contributed by atoms with E-state index in [0.717, 1.165) is 31.0 Å². The van der Waals surface area contributed by atoms with Crippen LogP contribution >= 0.6 is 0 Å². The van der Waals surface area contributed by atoms with Crippen molar-refractivity contribution < 1.29 is 8.42 Å². The number of fused-ring (bicyclic) bond motifs is 1. The Morgan fingerprint density at radius 2 is 2.19 bits per heavy atom. The van der Waals surface area contributed by atoms with Gasteiger partial charge in [-0.05, 0) is 43.9 Å². The van der Waals surface area contributed by atoms with Gasteiger partial charge in [-0.1, -0.05) is 12.1 Å². The minimum absolute atomic E-state index is 0.263. The molecular weight excluding hydrogens is 362 g/mol. The molecular formula is C19H29N5O2S. The van der Waals surface area contributed by atoms with Crippen LogP contribution in [-0.2, 0) is 16.4 Å². The molecule has 8 heteroatoms. The van der Waals surface area contributed by atoms with E-state index in [1.807, 2.05) is 6.92 Å². The highest BCUT2D eigenvalue weighted by Crippen LogP contribution is 2.19. The molecule has 148 valence electrons. The Hall–Kier alpha value is -2.06. The Kier molecular flexibility index (Phi) is 6.38. The summed E-state index contributed by atoms with van der Waals surface area (Å²) in [5.41, 5.74) is 3.68. The topological polar surface area (TPSA) is 89.6 Å². The molecule has 1 saturated heterocycles. The zero-order valence-corrected chi connectivity index (χ0v) is 16.9. The fourth-order valence-electron chi connectivity index (χ4n) is 3.38. The maximum absolute atomic E-state index is 11.8. The standard InChI is InChI=1S/C19H29N5O2S/c1-3-20-19(22-9-11-24-10-4-12-27(24,25)26)21-8-7-16-14-23-18-13-15(2)5-6-17(16)18/h5-6,13-14,23H,3-4,7-12H2,1-2H3,(H2,20,21,22). The number of aliphatic imine (C=N–C) groups is 1. The van der Waals surface area contributed by atoms with Gasteiger partial charge in [-0.2, -0.15) is 0 Å². The van der Waals surface area contributed by atoms with Gasteiger partial charge in [0.25, 0.3) is 0 Å². The number of H-pyrrole nitrogens is 1. The van der Waals surface area contributed by atoms with Gasteiger partial charge in [0.05, 0.1) is 12.3 Å². The number of hydrogen-bond donors (Lipinski definition) is 3. The third-order valence-corrected chi connectivity index (χ3v) is 6.73. The van der Waals surface area contributed by atoms with Gasteiger partial charge in [0.15, 0.2) is 5.96 Å². The van der Waals surface area contributed by atoms with Crippen LogP contribution in [-0.4, -0.2) is 62.1 Å². The molecule has 1 aromatic carbocycles. The summed E-state index contributed by atoms with van der Waals surface area (Å²) in [4.78, 5) is 7.85. The Morgan fingerprint density at radius 3 is 2.93 bits per heavy atom. The Balaban J connectivity index is 1.53. The lowest BCUT2D eigenvalue weighted by atomic mass is 10.1. The lowest BCUT2D eigenvalue weighted by Crippen LogP contribution is -2.39. The lowest BCUT2D eigenvalue weighted by Gasteiger charge is -2.14. The SMILES string of the molecule is CCNC(=NCCN1CCCS1(=O)=O)NCCc1c[nH]c2cc(C)ccc12. The summed E-state index contributed by atoms with van der Waals surface area (Å²) in [6.07, 6.45) is 3.66. The Bertz CT molecular complexity index is 904. The van der Waals surface area contributed by atoms with Crippen LogP contribution in [0.4, 0.5) is 0 Å². The molecule has 0 atom stereocenters. The first-order chi connectivity index (χ1) is 13.0. The highest BCUT2D eigenvalue weighted by atomic mass is 32.2. The molecule has 1 aromatic heterocycles. The number of nitrogens with zero attached hydrogens (tertiary/aromatic N) is 2. The number of sulfonamides is 1. The van der Waals surface area contributed by atoms with Gasteiger partial charge in [-0.25, -0.2) is 12.7 Å². The second-order valence-corrected chi connectivity index (χ2v) is 8.96. The van der Waals surface area contributed by atoms with Crippen molar-refractivity contribution in [2.24, 2.45) is 4.99 Å². The summed E-state index contributed by atoms with van der Waals surface area (Å²) in [5.74, 6) is 0.990. The third kappa shape index (κ3) is 5.01. The second kappa shape index (κ2) is 8.75. The van der Waals surface area contributed by atoms with Crippen LogP contribution in [0.3, 0.4) is 0 Å². The van der Waals surface area contributed by atoms with E-state index in [1.165, 1.54) is 20.8 Å². The van der Waals surface area contributed by atoms with Crippen LogP contribution in [0.25, 0.3) is 10.9 Å². The van der Waals surface area contributed by atoms with Gasteiger partial charge < -0.3 is 15.6 Å². The van der Waals surface area contributed by atoms with E-state index in [9.17, 15) is 8.42 Å². The van der Waals surface area contributed by atoms with Crippen molar-refractivity contribution in [3.8, 4) is 0 Å². The van der Waals surface area contributed by atoms with Gasteiger partial charge >= 0.3 is 0 Å². The molecule has 7 nitrogen and oxygen atoms in total. The second-order valence-electron chi connectivity index (χ2n) is 6.87. The van der Waals surface area contributed by atoms with E-state index in [0.29, 0.717) is 26.1 Å². The molecule has 0 bridgehead atoms. The molecule has 0 aliphatic carbocycles. The van der Waals surface area contributed by atoms with Crippen molar-refractivity contribution in [2.75, 3.05) is 38.5 Å². The predicted molar refractivity (Wildman–Crippen MR) is 111 cm³/mol. The highest BCUT2D eigenvalue weighted by molar-refractivity contribution is 7.89. The number of aromatic nitrogens is 1. The molecule has 0 saturated carbocycles. The number of guanidine groups is 1. The van der Waals surface area contributed by atoms with Gasteiger partial charge in [-0.15, -0.1) is 0 Å². The fourth-order valence-corrected chi connectivity index (χ4v) is 4.90. The molecule has 1 aliphatic rings. The van der Waals surface area contributed by atoms with E-state index in [-0.39, 0.29) is 5.75 Å². The van der Waals surface area contributed by atoms with E-state index in [1.54, 1.807) is 0 Å². The monoisotopic (exact) mass is 391 g/mol. The number of hydrogen-bond acceptors (Lipinski definition) is 3. The molecule has 0 amide bonds. The average molecular weight is 392 g/mol.